The van der Waals surface area contributed by atoms with Gasteiger partial charge in [0.25, 0.3) is 0 Å². The zero-order valence-corrected chi connectivity index (χ0v) is 16.3. The van der Waals surface area contributed by atoms with Crippen LogP contribution in [0.4, 0.5) is 11.6 Å². The van der Waals surface area contributed by atoms with Crippen molar-refractivity contribution in [3.8, 4) is 24.0 Å². The first-order valence-electron chi connectivity index (χ1n) is 9.00. The molecule has 3 N–H and O–H groups in total. The second-order valence-corrected chi connectivity index (χ2v) is 6.18. The number of hydrogen-bond donors (Lipinski definition) is 1. The highest BCUT2D eigenvalue weighted by Crippen LogP contribution is 2.33. The number of nitrogens with one attached hydrogen (secondary N) is 1. The summed E-state index contributed by atoms with van der Waals surface area (Å²) in [5.41, 5.74) is 7.75. The van der Waals surface area contributed by atoms with Crippen molar-refractivity contribution in [2.24, 2.45) is 0 Å². The van der Waals surface area contributed by atoms with Crippen LogP contribution in [0.5, 0.6) is 5.75 Å². The number of aromatic nitrogens is 1. The molecule has 0 bridgehead atoms. The van der Waals surface area contributed by atoms with E-state index in [1.54, 1.807) is 7.11 Å². The highest BCUT2D eigenvalue weighted by Gasteiger charge is 2.30. The molecule has 0 spiro atoms. The first-order chi connectivity index (χ1) is 13.5. The third-order valence-corrected chi connectivity index (χ3v) is 4.68. The van der Waals surface area contributed by atoms with Gasteiger partial charge in [0.15, 0.2) is 0 Å². The number of nitriles is 3. The number of nitrogens with zero attached hydrogens (tertiary/aromatic N) is 4. The Labute approximate surface area is 165 Å². The van der Waals surface area contributed by atoms with Gasteiger partial charge in [0.1, 0.15) is 29.0 Å². The van der Waals surface area contributed by atoms with E-state index in [4.69, 9.17) is 10.5 Å². The molecule has 7 nitrogen and oxygen atoms in total. The number of benzene rings is 1. The van der Waals surface area contributed by atoms with Crippen molar-refractivity contribution in [3.05, 3.63) is 46.5 Å². The van der Waals surface area contributed by atoms with E-state index >= 15 is 0 Å². The minimum absolute atomic E-state index is 0.141. The van der Waals surface area contributed by atoms with Crippen LogP contribution >= 0.6 is 0 Å². The molecule has 0 fully saturated rings. The highest BCUT2D eigenvalue weighted by atomic mass is 16.5. The standard InChI is InChI=1S/C21H22N6O/c1-4-27(5-2)21-18(13-24)19(17(12-23)20(25)26-21)15(11-22)9-14-7-6-8-16(10-14)28-3/h6-8,10,15H,4-5,9H2,1-3H3,(H2,25,26)/p+1/t15-/m0/s1. The van der Waals surface area contributed by atoms with Gasteiger partial charge in [-0.15, -0.1) is 0 Å². The number of hydrogen-bond acceptors (Lipinski definition) is 6. The maximum atomic E-state index is 9.88. The van der Waals surface area contributed by atoms with E-state index in [-0.39, 0.29) is 16.9 Å². The molecular formula is C21H23N6O+. The molecule has 0 amide bonds. The van der Waals surface area contributed by atoms with E-state index in [0.29, 0.717) is 36.6 Å². The number of methoxy groups -OCH3 is 1. The SMILES string of the molecule is CCN(CC)c1[nH+]c(N)c(C#N)c([C@H](C#N)Cc2cccc(OC)c2)c1C#N. The Kier molecular flexibility index (Phi) is 6.79. The lowest BCUT2D eigenvalue weighted by Gasteiger charge is -2.20. The molecular weight excluding hydrogens is 352 g/mol. The van der Waals surface area contributed by atoms with Crippen LogP contribution in [-0.2, 0) is 6.42 Å². The van der Waals surface area contributed by atoms with Crippen LogP contribution in [0.1, 0.15) is 42.0 Å². The fourth-order valence-corrected chi connectivity index (χ4v) is 3.26. The summed E-state index contributed by atoms with van der Waals surface area (Å²) in [6.45, 7) is 5.23. The summed E-state index contributed by atoms with van der Waals surface area (Å²) in [4.78, 5) is 4.92. The summed E-state index contributed by atoms with van der Waals surface area (Å²) >= 11 is 0. The first-order valence-corrected chi connectivity index (χ1v) is 9.00. The Hall–Kier alpha value is -3.76. The zero-order chi connectivity index (χ0) is 20.7. The molecule has 28 heavy (non-hydrogen) atoms. The van der Waals surface area contributed by atoms with Crippen LogP contribution in [0.3, 0.4) is 0 Å². The number of H-pyrrole nitrogens is 1. The van der Waals surface area contributed by atoms with E-state index in [1.807, 2.05) is 43.0 Å². The molecule has 1 aromatic carbocycles. The molecule has 0 saturated heterocycles. The maximum Gasteiger partial charge on any atom is 0.240 e. The number of ether oxygens (including phenoxy) is 1. The summed E-state index contributed by atoms with van der Waals surface area (Å²) in [5, 5.41) is 29.4. The van der Waals surface area contributed by atoms with Gasteiger partial charge in [0, 0.05) is 5.56 Å². The maximum absolute atomic E-state index is 9.88. The van der Waals surface area contributed by atoms with Crippen molar-refractivity contribution in [3.63, 3.8) is 0 Å². The van der Waals surface area contributed by atoms with E-state index in [1.165, 1.54) is 0 Å². The van der Waals surface area contributed by atoms with Gasteiger partial charge in [0.2, 0.25) is 11.6 Å². The summed E-state index contributed by atoms with van der Waals surface area (Å²) in [6, 6.07) is 13.9. The number of rotatable bonds is 7. The lowest BCUT2D eigenvalue weighted by molar-refractivity contribution is -0.346. The minimum atomic E-state index is -0.706. The van der Waals surface area contributed by atoms with Crippen molar-refractivity contribution in [2.45, 2.75) is 26.2 Å². The van der Waals surface area contributed by atoms with Gasteiger partial charge in [-0.1, -0.05) is 12.1 Å². The van der Waals surface area contributed by atoms with Gasteiger partial charge in [0.05, 0.1) is 32.2 Å². The predicted molar refractivity (Wildman–Crippen MR) is 105 cm³/mol. The van der Waals surface area contributed by atoms with Crippen LogP contribution in [0.15, 0.2) is 24.3 Å². The number of nitrogens with two attached hydrogens (primary N) is 1. The van der Waals surface area contributed by atoms with Crippen LogP contribution in [0.25, 0.3) is 0 Å². The summed E-state index contributed by atoms with van der Waals surface area (Å²) in [5.74, 6) is 0.664. The van der Waals surface area contributed by atoms with Gasteiger partial charge >= 0.3 is 0 Å². The van der Waals surface area contributed by atoms with Crippen LogP contribution in [0.2, 0.25) is 0 Å². The average molecular weight is 375 g/mol. The Balaban J connectivity index is 2.67. The van der Waals surface area contributed by atoms with Gasteiger partial charge in [-0.05, 0) is 38.0 Å². The number of pyridine rings is 1. The monoisotopic (exact) mass is 375 g/mol. The molecule has 7 heteroatoms. The summed E-state index contributed by atoms with van der Waals surface area (Å²) < 4.78 is 5.25. The average Bonchev–Trinajstić information content (AvgIpc) is 2.72. The van der Waals surface area contributed by atoms with Crippen molar-refractivity contribution in [1.82, 2.24) is 0 Å². The minimum Gasteiger partial charge on any atom is -0.497 e. The molecule has 2 aromatic rings. The Morgan fingerprint density at radius 2 is 1.82 bits per heavy atom. The zero-order valence-electron chi connectivity index (χ0n) is 16.3. The topological polar surface area (TPSA) is 124 Å². The fourth-order valence-electron chi connectivity index (χ4n) is 3.26. The molecule has 0 unspecified atom stereocenters. The van der Waals surface area contributed by atoms with E-state index < -0.39 is 5.92 Å². The highest BCUT2D eigenvalue weighted by molar-refractivity contribution is 5.66. The van der Waals surface area contributed by atoms with E-state index in [0.717, 1.165) is 5.56 Å². The molecule has 0 radical (unpaired) electrons. The third kappa shape index (κ3) is 3.98. The summed E-state index contributed by atoms with van der Waals surface area (Å²) in [7, 11) is 1.58. The quantitative estimate of drug-likeness (QED) is 0.793. The van der Waals surface area contributed by atoms with Crippen molar-refractivity contribution >= 4 is 11.6 Å². The number of anilines is 2. The lowest BCUT2D eigenvalue weighted by Crippen LogP contribution is -2.33. The van der Waals surface area contributed by atoms with Gasteiger partial charge in [-0.3, -0.25) is 4.90 Å². The lowest BCUT2D eigenvalue weighted by atomic mass is 9.87. The smallest absolute Gasteiger partial charge is 0.240 e. The van der Waals surface area contributed by atoms with Crippen molar-refractivity contribution in [2.75, 3.05) is 30.8 Å². The molecule has 0 saturated carbocycles. The van der Waals surface area contributed by atoms with Crippen LogP contribution < -0.4 is 20.4 Å². The molecule has 1 atom stereocenters. The Morgan fingerprint density at radius 3 is 2.36 bits per heavy atom. The van der Waals surface area contributed by atoms with Crippen LogP contribution in [0, 0.1) is 34.0 Å². The Morgan fingerprint density at radius 1 is 1.14 bits per heavy atom. The molecule has 0 aliphatic heterocycles. The molecule has 142 valence electrons. The largest absolute Gasteiger partial charge is 0.497 e. The molecule has 0 aliphatic carbocycles. The normalized spacial score (nSPS) is 11.0. The second kappa shape index (κ2) is 9.26. The van der Waals surface area contributed by atoms with E-state index in [2.05, 4.69) is 23.2 Å². The summed E-state index contributed by atoms with van der Waals surface area (Å²) in [6.07, 6.45) is 0.332. The second-order valence-electron chi connectivity index (χ2n) is 6.18. The van der Waals surface area contributed by atoms with Gasteiger partial charge in [-0.2, -0.15) is 15.8 Å². The van der Waals surface area contributed by atoms with Crippen molar-refractivity contribution < 1.29 is 9.72 Å². The number of aromatic amines is 1. The number of nitrogen functional groups attached to an aromatic ring is 1. The molecule has 2 rings (SSSR count). The first kappa shape index (κ1) is 20.6. The fraction of sp³-hybridized carbons (Fsp3) is 0.333. The molecule has 1 aromatic heterocycles. The van der Waals surface area contributed by atoms with Gasteiger partial charge in [-0.25, -0.2) is 4.98 Å². The van der Waals surface area contributed by atoms with Crippen molar-refractivity contribution in [1.29, 1.82) is 15.8 Å². The predicted octanol–water partition coefficient (Wildman–Crippen LogP) is 2.53. The van der Waals surface area contributed by atoms with E-state index in [9.17, 15) is 15.8 Å². The Bertz CT molecular complexity index is 976. The third-order valence-electron chi connectivity index (χ3n) is 4.68. The molecule has 1 heterocycles. The van der Waals surface area contributed by atoms with Crippen LogP contribution in [-0.4, -0.2) is 20.2 Å². The van der Waals surface area contributed by atoms with Gasteiger partial charge < -0.3 is 10.5 Å². The molecule has 0 aliphatic rings.